The fraction of sp³-hybridized carbons (Fsp3) is 0.754. The average molecular weight is 936 g/mol. The average Bonchev–Trinajstić information content (AvgIpc) is 3.33. The molecule has 386 valence electrons. The molecule has 6 nitrogen and oxygen atoms in total. The predicted octanol–water partition coefficient (Wildman–Crippen LogP) is 19.0. The van der Waals surface area contributed by atoms with E-state index in [0.717, 1.165) is 89.9 Å². The lowest BCUT2D eigenvalue weighted by atomic mass is 10.0. The van der Waals surface area contributed by atoms with Gasteiger partial charge in [-0.3, -0.25) is 14.4 Å². The Balaban J connectivity index is 4.37. The van der Waals surface area contributed by atoms with E-state index in [-0.39, 0.29) is 37.5 Å². The molecule has 0 saturated heterocycles. The van der Waals surface area contributed by atoms with Crippen LogP contribution in [0.5, 0.6) is 0 Å². The minimum Gasteiger partial charge on any atom is -0.462 e. The highest BCUT2D eigenvalue weighted by Gasteiger charge is 2.19. The lowest BCUT2D eigenvalue weighted by molar-refractivity contribution is -0.166. The van der Waals surface area contributed by atoms with Crippen LogP contribution in [0.1, 0.15) is 278 Å². The molecule has 0 amide bonds. The quantitative estimate of drug-likeness (QED) is 0.0262. The fourth-order valence-electron chi connectivity index (χ4n) is 7.96. The normalized spacial score (nSPS) is 12.6. The van der Waals surface area contributed by atoms with Gasteiger partial charge in [-0.05, 0) is 77.0 Å². The summed E-state index contributed by atoms with van der Waals surface area (Å²) in [5.74, 6) is -0.992. The maximum absolute atomic E-state index is 12.8. The van der Waals surface area contributed by atoms with Gasteiger partial charge in [-0.2, -0.15) is 0 Å². The van der Waals surface area contributed by atoms with Crippen molar-refractivity contribution in [2.24, 2.45) is 0 Å². The van der Waals surface area contributed by atoms with Gasteiger partial charge in [0.15, 0.2) is 6.10 Å². The molecule has 0 radical (unpaired) electrons. The molecule has 0 aliphatic heterocycles. The molecule has 0 aromatic heterocycles. The largest absolute Gasteiger partial charge is 0.462 e. The summed E-state index contributed by atoms with van der Waals surface area (Å²) in [6.45, 7) is 6.44. The number of unbranched alkanes of at least 4 members (excludes halogenated alkanes) is 28. The number of esters is 3. The Morgan fingerprint density at radius 3 is 1.03 bits per heavy atom. The molecule has 6 heteroatoms. The molecule has 0 bridgehead atoms. The van der Waals surface area contributed by atoms with E-state index in [9.17, 15) is 14.4 Å². The molecule has 0 saturated carbocycles. The van der Waals surface area contributed by atoms with E-state index in [4.69, 9.17) is 14.2 Å². The Labute approximate surface area is 414 Å². The van der Waals surface area contributed by atoms with Crippen molar-refractivity contribution in [3.05, 3.63) is 72.9 Å². The molecule has 0 heterocycles. The van der Waals surface area contributed by atoms with Crippen LogP contribution < -0.4 is 0 Å². The second-order valence-electron chi connectivity index (χ2n) is 18.8. The van der Waals surface area contributed by atoms with E-state index in [1.54, 1.807) is 0 Å². The van der Waals surface area contributed by atoms with Crippen LogP contribution in [0.4, 0.5) is 0 Å². The maximum atomic E-state index is 12.8. The molecule has 0 aliphatic carbocycles. The molecule has 0 spiro atoms. The molecule has 0 fully saturated rings. The third-order valence-corrected chi connectivity index (χ3v) is 12.2. The van der Waals surface area contributed by atoms with E-state index in [0.29, 0.717) is 19.3 Å². The molecule has 0 aromatic rings. The highest BCUT2D eigenvalue weighted by Crippen LogP contribution is 2.16. The number of carbonyl (C=O) groups is 3. The molecular weight excluding hydrogens is 829 g/mol. The summed E-state index contributed by atoms with van der Waals surface area (Å²) in [4.78, 5) is 38.0. The number of rotatable bonds is 51. The van der Waals surface area contributed by atoms with E-state index in [1.165, 1.54) is 141 Å². The summed E-state index contributed by atoms with van der Waals surface area (Å²) in [6, 6.07) is 0. The number of allylic oxidation sites excluding steroid dienone is 12. The molecule has 1 unspecified atom stereocenters. The van der Waals surface area contributed by atoms with E-state index >= 15 is 0 Å². The van der Waals surface area contributed by atoms with Crippen molar-refractivity contribution in [2.45, 2.75) is 284 Å². The van der Waals surface area contributed by atoms with Gasteiger partial charge in [0.1, 0.15) is 13.2 Å². The van der Waals surface area contributed by atoms with Crippen molar-refractivity contribution in [1.29, 1.82) is 0 Å². The van der Waals surface area contributed by atoms with Crippen LogP contribution in [0.2, 0.25) is 0 Å². The van der Waals surface area contributed by atoms with Gasteiger partial charge in [0, 0.05) is 19.3 Å². The number of ether oxygens (including phenoxy) is 3. The van der Waals surface area contributed by atoms with Crippen LogP contribution in [0.15, 0.2) is 72.9 Å². The van der Waals surface area contributed by atoms with Gasteiger partial charge in [-0.1, -0.05) is 254 Å². The molecule has 0 N–H and O–H groups in total. The lowest BCUT2D eigenvalue weighted by Gasteiger charge is -2.18. The number of hydrogen-bond donors (Lipinski definition) is 0. The van der Waals surface area contributed by atoms with Crippen molar-refractivity contribution in [3.63, 3.8) is 0 Å². The van der Waals surface area contributed by atoms with Crippen LogP contribution >= 0.6 is 0 Å². The van der Waals surface area contributed by atoms with Gasteiger partial charge in [0.2, 0.25) is 0 Å². The zero-order valence-electron chi connectivity index (χ0n) is 44.2. The molecule has 0 rings (SSSR count). The second-order valence-corrected chi connectivity index (χ2v) is 18.8. The third kappa shape index (κ3) is 53.7. The topological polar surface area (TPSA) is 78.9 Å². The van der Waals surface area contributed by atoms with Gasteiger partial charge < -0.3 is 14.2 Å². The van der Waals surface area contributed by atoms with Crippen molar-refractivity contribution in [2.75, 3.05) is 13.2 Å². The summed E-state index contributed by atoms with van der Waals surface area (Å²) in [7, 11) is 0. The highest BCUT2D eigenvalue weighted by atomic mass is 16.6. The third-order valence-electron chi connectivity index (χ3n) is 12.2. The summed E-state index contributed by atoms with van der Waals surface area (Å²) in [5, 5.41) is 0. The van der Waals surface area contributed by atoms with Gasteiger partial charge in [0.05, 0.1) is 0 Å². The Kier molecular flexibility index (Phi) is 52.8. The summed E-state index contributed by atoms with van der Waals surface area (Å²) < 4.78 is 16.8. The number of carbonyl (C=O) groups excluding carboxylic acids is 3. The van der Waals surface area contributed by atoms with Gasteiger partial charge >= 0.3 is 17.9 Å². The molecule has 1 atom stereocenters. The standard InChI is InChI=1S/C61H106O6/c1-4-7-10-13-16-19-22-25-27-28-29-30-31-32-34-36-39-42-45-48-51-54-60(63)66-57-58(56-65-59(62)53-50-47-44-41-38-35-24-21-18-15-12-9-6-3)67-61(64)55-52-49-46-43-40-37-33-26-23-20-17-14-11-8-5-2/h9,12,17-18,20-21,26,33,35,38,44,47,58H,4-8,10-11,13-16,19,22-25,27-32,34,36-37,39-43,45-46,48-57H2,1-3H3/b12-9-,20-17-,21-18-,33-26-,38-35-,47-44-. The number of hydrogen-bond acceptors (Lipinski definition) is 6. The van der Waals surface area contributed by atoms with Crippen molar-refractivity contribution >= 4 is 17.9 Å². The summed E-state index contributed by atoms with van der Waals surface area (Å²) in [5.41, 5.74) is 0. The fourth-order valence-corrected chi connectivity index (χ4v) is 7.96. The van der Waals surface area contributed by atoms with Crippen LogP contribution in [-0.2, 0) is 28.6 Å². The van der Waals surface area contributed by atoms with Crippen molar-refractivity contribution in [1.82, 2.24) is 0 Å². The van der Waals surface area contributed by atoms with Gasteiger partial charge in [-0.25, -0.2) is 0 Å². The summed E-state index contributed by atoms with van der Waals surface area (Å²) in [6.07, 6.45) is 70.6. The van der Waals surface area contributed by atoms with Crippen molar-refractivity contribution < 1.29 is 28.6 Å². The Morgan fingerprint density at radius 2 is 0.612 bits per heavy atom. The van der Waals surface area contributed by atoms with Crippen LogP contribution in [0.25, 0.3) is 0 Å². The van der Waals surface area contributed by atoms with Crippen LogP contribution in [0.3, 0.4) is 0 Å². The zero-order valence-corrected chi connectivity index (χ0v) is 44.2. The maximum Gasteiger partial charge on any atom is 0.306 e. The Hall–Kier alpha value is -3.15. The first-order chi connectivity index (χ1) is 33.0. The van der Waals surface area contributed by atoms with Crippen LogP contribution in [0, 0.1) is 0 Å². The first kappa shape index (κ1) is 63.8. The predicted molar refractivity (Wildman–Crippen MR) is 288 cm³/mol. The monoisotopic (exact) mass is 935 g/mol. The smallest absolute Gasteiger partial charge is 0.306 e. The van der Waals surface area contributed by atoms with Crippen molar-refractivity contribution in [3.8, 4) is 0 Å². The van der Waals surface area contributed by atoms with E-state index in [2.05, 4.69) is 87.6 Å². The molecule has 67 heavy (non-hydrogen) atoms. The summed E-state index contributed by atoms with van der Waals surface area (Å²) >= 11 is 0. The van der Waals surface area contributed by atoms with Gasteiger partial charge in [0.25, 0.3) is 0 Å². The molecule has 0 aromatic carbocycles. The van der Waals surface area contributed by atoms with Gasteiger partial charge in [-0.15, -0.1) is 0 Å². The lowest BCUT2D eigenvalue weighted by Crippen LogP contribution is -2.30. The first-order valence-electron chi connectivity index (χ1n) is 28.4. The SMILES string of the molecule is CC/C=C\C/C=C\C/C=C\C/C=C\CCC(=O)OCC(COC(=O)CCCCCCCCCCCCCCCCCCCCCCC)OC(=O)CCCCCCC/C=C\C/C=C\CCCCC. The molecule has 0 aliphatic rings. The minimum atomic E-state index is -0.810. The Morgan fingerprint density at radius 1 is 0.313 bits per heavy atom. The van der Waals surface area contributed by atoms with E-state index < -0.39 is 6.10 Å². The highest BCUT2D eigenvalue weighted by molar-refractivity contribution is 5.71. The second kappa shape index (κ2) is 55.4. The van der Waals surface area contributed by atoms with E-state index in [1.807, 2.05) is 6.08 Å². The minimum absolute atomic E-state index is 0.101. The Bertz CT molecular complexity index is 1260. The zero-order chi connectivity index (χ0) is 48.6. The first-order valence-corrected chi connectivity index (χ1v) is 28.4. The molecular formula is C61H106O6. The van der Waals surface area contributed by atoms with Crippen LogP contribution in [-0.4, -0.2) is 37.2 Å².